The molecule has 1 aromatic rings. The topological polar surface area (TPSA) is 97.1 Å². The van der Waals surface area contributed by atoms with Crippen molar-refractivity contribution in [3.8, 4) is 6.07 Å². The van der Waals surface area contributed by atoms with Crippen LogP contribution >= 0.6 is 23.8 Å². The summed E-state index contributed by atoms with van der Waals surface area (Å²) in [5, 5.41) is 9.60. The smallest absolute Gasteiger partial charge is 0.258 e. The van der Waals surface area contributed by atoms with Crippen LogP contribution in [0.3, 0.4) is 0 Å². The maximum absolute atomic E-state index is 13.0. The van der Waals surface area contributed by atoms with E-state index in [0.717, 1.165) is 0 Å². The van der Waals surface area contributed by atoms with E-state index in [9.17, 15) is 13.2 Å². The van der Waals surface area contributed by atoms with E-state index in [1.165, 1.54) is 11.2 Å². The molecule has 1 aliphatic rings. The van der Waals surface area contributed by atoms with Crippen molar-refractivity contribution in [3.63, 3.8) is 0 Å². The lowest BCUT2D eigenvalue weighted by Gasteiger charge is -2.29. The molecule has 2 rings (SSSR count). The molecule has 0 unspecified atom stereocenters. The molecule has 0 aromatic heterocycles. The summed E-state index contributed by atoms with van der Waals surface area (Å²) < 4.78 is 27.5. The van der Waals surface area contributed by atoms with Crippen LogP contribution in [0.25, 0.3) is 0 Å². The Labute approximate surface area is 187 Å². The molecule has 1 aliphatic heterocycles. The van der Waals surface area contributed by atoms with Gasteiger partial charge >= 0.3 is 0 Å². The molecule has 1 aromatic carbocycles. The van der Waals surface area contributed by atoms with Crippen molar-refractivity contribution < 1.29 is 13.2 Å². The molecular weight excluding hydrogens is 446 g/mol. The Morgan fingerprint density at radius 1 is 1.33 bits per heavy atom. The van der Waals surface area contributed by atoms with Gasteiger partial charge in [-0.3, -0.25) is 9.69 Å². The van der Waals surface area contributed by atoms with Gasteiger partial charge in [-0.05, 0) is 57.1 Å². The highest BCUT2D eigenvalue weighted by molar-refractivity contribution is 7.90. The lowest BCUT2D eigenvalue weighted by Crippen LogP contribution is -2.44. The number of anilines is 1. The number of hydrogen-bond acceptors (Lipinski definition) is 5. The van der Waals surface area contributed by atoms with Crippen LogP contribution in [0, 0.1) is 11.3 Å². The quantitative estimate of drug-likeness (QED) is 0.250. The van der Waals surface area contributed by atoms with Crippen LogP contribution in [0.2, 0.25) is 5.02 Å². The number of benzene rings is 1. The van der Waals surface area contributed by atoms with Crippen LogP contribution < -0.4 is 4.90 Å². The fraction of sp³-hybridized carbons (Fsp3) is 0.474. The van der Waals surface area contributed by atoms with Gasteiger partial charge in [0.25, 0.3) is 15.9 Å². The van der Waals surface area contributed by atoms with E-state index in [1.54, 1.807) is 55.9 Å². The number of hydrogen-bond donors (Lipinski definition) is 0. The SMILES string of the molecule is CN(C)/C=N/S(=O)(=O)CCCCN1C(=S)N(c2ccc(C#N)c(Cl)c2)C(=O)C1(C)C. The van der Waals surface area contributed by atoms with Gasteiger partial charge in [-0.1, -0.05) is 11.6 Å². The van der Waals surface area contributed by atoms with Gasteiger partial charge in [0.1, 0.15) is 17.9 Å². The molecule has 0 saturated carbocycles. The highest BCUT2D eigenvalue weighted by Gasteiger charge is 2.49. The Balaban J connectivity index is 2.09. The summed E-state index contributed by atoms with van der Waals surface area (Å²) in [6.07, 6.45) is 2.17. The number of unbranched alkanes of at least 4 members (excludes halogenated alkanes) is 1. The Morgan fingerprint density at radius 3 is 2.57 bits per heavy atom. The molecule has 8 nitrogen and oxygen atoms in total. The number of nitriles is 1. The zero-order chi connectivity index (χ0) is 22.7. The van der Waals surface area contributed by atoms with Crippen LogP contribution in [0.5, 0.6) is 0 Å². The Bertz CT molecular complexity index is 1020. The molecule has 0 radical (unpaired) electrons. The molecule has 11 heteroatoms. The zero-order valence-corrected chi connectivity index (χ0v) is 19.7. The number of thiocarbonyl (C=S) groups is 1. The van der Waals surface area contributed by atoms with E-state index < -0.39 is 15.6 Å². The molecule has 1 amide bonds. The maximum atomic E-state index is 13.0. The largest absolute Gasteiger partial charge is 0.368 e. The minimum absolute atomic E-state index is 0.0821. The third-order valence-corrected chi connectivity index (χ3v) is 6.56. The van der Waals surface area contributed by atoms with E-state index >= 15 is 0 Å². The van der Waals surface area contributed by atoms with Gasteiger partial charge in [0, 0.05) is 20.6 Å². The molecular formula is C19H24ClN5O3S2. The average molecular weight is 470 g/mol. The van der Waals surface area contributed by atoms with Gasteiger partial charge in [-0.2, -0.15) is 9.66 Å². The van der Waals surface area contributed by atoms with Gasteiger partial charge < -0.3 is 9.80 Å². The minimum atomic E-state index is -3.53. The summed E-state index contributed by atoms with van der Waals surface area (Å²) in [5.74, 6) is -0.294. The number of nitrogens with zero attached hydrogens (tertiary/aromatic N) is 5. The predicted molar refractivity (Wildman–Crippen MR) is 122 cm³/mol. The second kappa shape index (κ2) is 9.29. The molecule has 0 aliphatic carbocycles. The summed E-state index contributed by atoms with van der Waals surface area (Å²) in [5.41, 5.74) is -0.0863. The fourth-order valence-electron chi connectivity index (χ4n) is 2.95. The van der Waals surface area contributed by atoms with Gasteiger partial charge in [-0.15, -0.1) is 0 Å². The Hall–Kier alpha value is -2.22. The summed E-state index contributed by atoms with van der Waals surface area (Å²) in [6.45, 7) is 3.96. The van der Waals surface area contributed by atoms with Gasteiger partial charge in [-0.25, -0.2) is 8.42 Å². The lowest BCUT2D eigenvalue weighted by molar-refractivity contribution is -0.123. The number of halogens is 1. The standard InChI is InChI=1S/C19H24ClN5O3S2/c1-19(2)17(26)25(15-8-7-14(12-21)16(20)11-15)18(29)24(19)9-5-6-10-30(27,28)22-13-23(3)4/h7-8,11,13H,5-6,9-10H2,1-4H3/b22-13+. The van der Waals surface area contributed by atoms with Crippen LogP contribution in [0.15, 0.2) is 22.6 Å². The molecule has 30 heavy (non-hydrogen) atoms. The summed E-state index contributed by atoms with van der Waals surface area (Å²) in [6, 6.07) is 6.70. The average Bonchev–Trinajstić information content (AvgIpc) is 2.82. The van der Waals surface area contributed by atoms with Crippen LogP contribution in [-0.4, -0.2) is 67.5 Å². The van der Waals surface area contributed by atoms with Crippen molar-refractivity contribution >= 4 is 56.9 Å². The first kappa shape index (κ1) is 24.1. The molecule has 0 atom stereocenters. The van der Waals surface area contributed by atoms with Gasteiger partial charge in [0.05, 0.1) is 22.0 Å². The van der Waals surface area contributed by atoms with Crippen LogP contribution in [0.1, 0.15) is 32.3 Å². The van der Waals surface area contributed by atoms with Crippen molar-refractivity contribution in [3.05, 3.63) is 28.8 Å². The van der Waals surface area contributed by atoms with Crippen molar-refractivity contribution in [2.24, 2.45) is 4.40 Å². The number of carbonyl (C=O) groups is 1. The van der Waals surface area contributed by atoms with Gasteiger partial charge in [0.15, 0.2) is 5.11 Å². The number of amides is 1. The first-order chi connectivity index (χ1) is 13.9. The molecule has 1 heterocycles. The fourth-order valence-corrected chi connectivity index (χ4v) is 4.68. The number of rotatable bonds is 8. The first-order valence-corrected chi connectivity index (χ1v) is 11.6. The van der Waals surface area contributed by atoms with E-state index in [1.807, 2.05) is 6.07 Å². The van der Waals surface area contributed by atoms with Crippen molar-refractivity contribution in [2.45, 2.75) is 32.2 Å². The van der Waals surface area contributed by atoms with Crippen molar-refractivity contribution in [1.82, 2.24) is 9.80 Å². The summed E-state index contributed by atoms with van der Waals surface area (Å²) in [7, 11) is -0.145. The Kier molecular flexibility index (Phi) is 7.45. The molecule has 1 saturated heterocycles. The van der Waals surface area contributed by atoms with E-state index in [-0.39, 0.29) is 16.7 Å². The van der Waals surface area contributed by atoms with Gasteiger partial charge in [0.2, 0.25) is 0 Å². The first-order valence-electron chi connectivity index (χ1n) is 9.21. The normalized spacial score (nSPS) is 16.4. The van der Waals surface area contributed by atoms with Crippen molar-refractivity contribution in [1.29, 1.82) is 5.26 Å². The highest BCUT2D eigenvalue weighted by atomic mass is 35.5. The lowest BCUT2D eigenvalue weighted by atomic mass is 10.0. The second-order valence-corrected chi connectivity index (χ2v) is 10.1. The summed E-state index contributed by atoms with van der Waals surface area (Å²) >= 11 is 11.7. The molecule has 162 valence electrons. The zero-order valence-electron chi connectivity index (χ0n) is 17.3. The van der Waals surface area contributed by atoms with E-state index in [2.05, 4.69) is 4.40 Å². The molecule has 0 N–H and O–H groups in total. The number of sulfonamides is 1. The molecule has 1 fully saturated rings. The van der Waals surface area contributed by atoms with Crippen LogP contribution in [0.4, 0.5) is 5.69 Å². The monoisotopic (exact) mass is 469 g/mol. The van der Waals surface area contributed by atoms with E-state index in [4.69, 9.17) is 29.1 Å². The predicted octanol–water partition coefficient (Wildman–Crippen LogP) is 2.62. The maximum Gasteiger partial charge on any atom is 0.258 e. The third-order valence-electron chi connectivity index (χ3n) is 4.63. The highest BCUT2D eigenvalue weighted by Crippen LogP contribution is 2.34. The van der Waals surface area contributed by atoms with Crippen LogP contribution in [-0.2, 0) is 14.8 Å². The molecule has 0 bridgehead atoms. The Morgan fingerprint density at radius 2 is 2.00 bits per heavy atom. The third kappa shape index (κ3) is 5.28. The van der Waals surface area contributed by atoms with E-state index in [0.29, 0.717) is 35.7 Å². The number of carbonyl (C=O) groups excluding carboxylic acids is 1. The van der Waals surface area contributed by atoms with Crippen molar-refractivity contribution in [2.75, 3.05) is 31.3 Å². The molecule has 0 spiro atoms. The minimum Gasteiger partial charge on any atom is -0.368 e. The summed E-state index contributed by atoms with van der Waals surface area (Å²) in [4.78, 5) is 17.8. The second-order valence-electron chi connectivity index (χ2n) is 7.59.